The van der Waals surface area contributed by atoms with Crippen LogP contribution in [0.1, 0.15) is 0 Å². The first kappa shape index (κ1) is 26.2. The number of benzene rings is 2. The van der Waals surface area contributed by atoms with E-state index in [1.54, 1.807) is 6.07 Å². The normalized spacial score (nSPS) is 12.1. The van der Waals surface area contributed by atoms with Crippen molar-refractivity contribution < 1.29 is 30.7 Å². The minimum absolute atomic E-state index is 0.0228. The standard InChI is InChI=1S/C22H18Cl2FN3O6S2/c1-33-13-28(19-11-17(25)21(24)26-22(19)34-2)36(31,32)20-12-27(18-10-14(23)8-9-16(18)20)35(29,30)15-6-4-3-5-7-15/h3-12H,13H2,1-2H3. The lowest BCUT2D eigenvalue weighted by Gasteiger charge is -2.24. The molecule has 190 valence electrons. The molecule has 0 aliphatic heterocycles. The van der Waals surface area contributed by atoms with Gasteiger partial charge in [-0.2, -0.15) is 4.98 Å². The number of aromatic nitrogens is 2. The van der Waals surface area contributed by atoms with E-state index in [1.165, 1.54) is 56.7 Å². The molecular weight excluding hydrogens is 556 g/mol. The molecular formula is C22H18Cl2FN3O6S2. The summed E-state index contributed by atoms with van der Waals surface area (Å²) in [6, 6.07) is 12.5. The first-order valence-corrected chi connectivity index (χ1v) is 13.7. The summed E-state index contributed by atoms with van der Waals surface area (Å²) in [5, 5.41) is -0.277. The number of anilines is 1. The van der Waals surface area contributed by atoms with Crippen molar-refractivity contribution in [2.45, 2.75) is 9.79 Å². The average Bonchev–Trinajstić information content (AvgIpc) is 3.25. The van der Waals surface area contributed by atoms with Gasteiger partial charge in [0, 0.05) is 29.8 Å². The van der Waals surface area contributed by atoms with Crippen LogP contribution in [-0.4, -0.2) is 46.7 Å². The van der Waals surface area contributed by atoms with Gasteiger partial charge in [-0.3, -0.25) is 0 Å². The third kappa shape index (κ3) is 4.50. The van der Waals surface area contributed by atoms with Gasteiger partial charge in [-0.05, 0) is 30.3 Å². The van der Waals surface area contributed by atoms with Gasteiger partial charge in [0.25, 0.3) is 20.0 Å². The Kier molecular flexibility index (Phi) is 7.17. The van der Waals surface area contributed by atoms with Crippen molar-refractivity contribution in [1.29, 1.82) is 0 Å². The van der Waals surface area contributed by atoms with Gasteiger partial charge in [-0.1, -0.05) is 41.4 Å². The topological polar surface area (TPSA) is 108 Å². The average molecular weight is 574 g/mol. The Labute approximate surface area is 216 Å². The molecule has 0 saturated heterocycles. The molecule has 0 radical (unpaired) electrons. The van der Waals surface area contributed by atoms with E-state index in [-0.39, 0.29) is 32.4 Å². The SMILES string of the molecule is COCN(c1cc(F)c(Cl)nc1OC)S(=O)(=O)c1cn(S(=O)(=O)c2ccccc2)c2cc(Cl)ccc12. The van der Waals surface area contributed by atoms with Crippen molar-refractivity contribution in [3.63, 3.8) is 0 Å². The van der Waals surface area contributed by atoms with Gasteiger partial charge >= 0.3 is 0 Å². The highest BCUT2D eigenvalue weighted by Crippen LogP contribution is 2.37. The predicted octanol–water partition coefficient (Wildman–Crippen LogP) is 4.53. The first-order chi connectivity index (χ1) is 17.0. The summed E-state index contributed by atoms with van der Waals surface area (Å²) in [5.74, 6) is -1.28. The van der Waals surface area contributed by atoms with Crippen molar-refractivity contribution >= 4 is 59.8 Å². The maximum absolute atomic E-state index is 14.3. The molecule has 0 aliphatic rings. The second kappa shape index (κ2) is 9.87. The minimum atomic E-state index is -4.59. The van der Waals surface area contributed by atoms with E-state index in [9.17, 15) is 21.2 Å². The molecule has 36 heavy (non-hydrogen) atoms. The molecule has 9 nitrogen and oxygen atoms in total. The largest absolute Gasteiger partial charge is 0.479 e. The highest BCUT2D eigenvalue weighted by molar-refractivity contribution is 7.93. The van der Waals surface area contributed by atoms with E-state index < -0.39 is 42.6 Å². The van der Waals surface area contributed by atoms with Gasteiger partial charge < -0.3 is 9.47 Å². The molecule has 4 aromatic rings. The number of fused-ring (bicyclic) bond motifs is 1. The molecule has 0 atom stereocenters. The van der Waals surface area contributed by atoms with Crippen molar-refractivity contribution in [2.24, 2.45) is 0 Å². The maximum atomic E-state index is 14.3. The number of rotatable bonds is 8. The number of sulfonamides is 1. The Morgan fingerprint density at radius 2 is 1.72 bits per heavy atom. The lowest BCUT2D eigenvalue weighted by Crippen LogP contribution is -2.33. The zero-order valence-corrected chi connectivity index (χ0v) is 21.9. The summed E-state index contributed by atoms with van der Waals surface area (Å²) in [6.07, 6.45) is 0.966. The van der Waals surface area contributed by atoms with Crippen molar-refractivity contribution in [2.75, 3.05) is 25.3 Å². The number of methoxy groups -OCH3 is 2. The molecule has 2 aromatic carbocycles. The van der Waals surface area contributed by atoms with Crippen molar-refractivity contribution in [1.82, 2.24) is 8.96 Å². The molecule has 0 saturated carbocycles. The van der Waals surface area contributed by atoms with Gasteiger partial charge in [0.05, 0.1) is 17.5 Å². The van der Waals surface area contributed by atoms with Crippen molar-refractivity contribution in [3.8, 4) is 5.88 Å². The van der Waals surface area contributed by atoms with Gasteiger partial charge in [0.15, 0.2) is 11.0 Å². The number of pyridine rings is 1. The Morgan fingerprint density at radius 3 is 2.36 bits per heavy atom. The maximum Gasteiger partial charge on any atom is 0.268 e. The van der Waals surface area contributed by atoms with Crippen LogP contribution in [0.2, 0.25) is 10.2 Å². The molecule has 0 bridgehead atoms. The second-order valence-electron chi connectivity index (χ2n) is 7.33. The lowest BCUT2D eigenvalue weighted by atomic mass is 10.2. The summed E-state index contributed by atoms with van der Waals surface area (Å²) in [4.78, 5) is 3.28. The van der Waals surface area contributed by atoms with Gasteiger partial charge in [0.1, 0.15) is 17.3 Å². The number of halogens is 3. The fourth-order valence-corrected chi connectivity index (χ4v) is 6.83. The summed E-state index contributed by atoms with van der Waals surface area (Å²) in [6.45, 7) is -0.576. The van der Waals surface area contributed by atoms with Gasteiger partial charge in [-0.15, -0.1) is 0 Å². The fraction of sp³-hybridized carbons (Fsp3) is 0.136. The van der Waals surface area contributed by atoms with Crippen LogP contribution in [0.5, 0.6) is 5.88 Å². The van der Waals surface area contributed by atoms with Crippen LogP contribution in [0.25, 0.3) is 10.9 Å². The van der Waals surface area contributed by atoms with E-state index in [1.807, 2.05) is 0 Å². The Morgan fingerprint density at radius 1 is 1.03 bits per heavy atom. The Bertz CT molecular complexity index is 1660. The fourth-order valence-electron chi connectivity index (χ4n) is 3.53. The Hall–Kier alpha value is -2.90. The molecule has 2 aromatic heterocycles. The molecule has 0 N–H and O–H groups in total. The number of nitrogens with zero attached hydrogens (tertiary/aromatic N) is 3. The molecule has 0 amide bonds. The van der Waals surface area contributed by atoms with Crippen LogP contribution in [0.15, 0.2) is 70.6 Å². The molecule has 14 heteroatoms. The van der Waals surface area contributed by atoms with E-state index >= 15 is 0 Å². The van der Waals surface area contributed by atoms with E-state index in [0.717, 1.165) is 16.2 Å². The van der Waals surface area contributed by atoms with Crippen LogP contribution in [-0.2, 0) is 24.8 Å². The van der Waals surface area contributed by atoms with Crippen molar-refractivity contribution in [3.05, 3.63) is 76.8 Å². The first-order valence-electron chi connectivity index (χ1n) is 10.0. The second-order valence-corrected chi connectivity index (χ2v) is 11.8. The number of hydrogen-bond acceptors (Lipinski definition) is 7. The summed E-state index contributed by atoms with van der Waals surface area (Å²) >= 11 is 11.9. The highest BCUT2D eigenvalue weighted by Gasteiger charge is 2.34. The molecule has 0 spiro atoms. The molecule has 4 rings (SSSR count). The van der Waals surface area contributed by atoms with Crippen LogP contribution < -0.4 is 9.04 Å². The molecule has 0 fully saturated rings. The van der Waals surface area contributed by atoms with E-state index in [0.29, 0.717) is 4.31 Å². The summed E-state index contributed by atoms with van der Waals surface area (Å²) < 4.78 is 80.8. The molecule has 0 aliphatic carbocycles. The quantitative estimate of drug-likeness (QED) is 0.225. The van der Waals surface area contributed by atoms with E-state index in [2.05, 4.69) is 4.98 Å². The van der Waals surface area contributed by atoms with Crippen LogP contribution >= 0.6 is 23.2 Å². The minimum Gasteiger partial charge on any atom is -0.479 e. The Balaban J connectivity index is 2.00. The zero-order chi connectivity index (χ0) is 26.3. The predicted molar refractivity (Wildman–Crippen MR) is 133 cm³/mol. The third-order valence-corrected chi connectivity index (χ3v) is 9.10. The third-order valence-electron chi connectivity index (χ3n) is 5.15. The van der Waals surface area contributed by atoms with Crippen LogP contribution in [0.3, 0.4) is 0 Å². The number of ether oxygens (including phenoxy) is 2. The van der Waals surface area contributed by atoms with Crippen LogP contribution in [0, 0.1) is 5.82 Å². The summed E-state index contributed by atoms with van der Waals surface area (Å²) in [7, 11) is -6.37. The lowest BCUT2D eigenvalue weighted by molar-refractivity contribution is 0.209. The molecule has 2 heterocycles. The van der Waals surface area contributed by atoms with Gasteiger partial charge in [-0.25, -0.2) is 29.5 Å². The number of hydrogen-bond donors (Lipinski definition) is 0. The smallest absolute Gasteiger partial charge is 0.268 e. The zero-order valence-electron chi connectivity index (χ0n) is 18.7. The summed E-state index contributed by atoms with van der Waals surface area (Å²) in [5.41, 5.74) is -0.281. The highest BCUT2D eigenvalue weighted by atomic mass is 35.5. The van der Waals surface area contributed by atoms with Gasteiger partial charge in [0.2, 0.25) is 5.88 Å². The molecule has 0 unspecified atom stereocenters. The van der Waals surface area contributed by atoms with Crippen LogP contribution in [0.4, 0.5) is 10.1 Å². The van der Waals surface area contributed by atoms with E-state index in [4.69, 9.17) is 32.7 Å². The monoisotopic (exact) mass is 573 g/mol.